The molecule has 0 radical (unpaired) electrons. The Balaban J connectivity index is 3.42. The van der Waals surface area contributed by atoms with Crippen LogP contribution < -0.4 is 15.2 Å². The first kappa shape index (κ1) is 12.5. The Hall–Kier alpha value is -1.55. The summed E-state index contributed by atoms with van der Waals surface area (Å²) in [6.45, 7) is 1.95. The Morgan fingerprint density at radius 3 is 2.44 bits per heavy atom. The van der Waals surface area contributed by atoms with Gasteiger partial charge < -0.3 is 15.2 Å². The number of ether oxygens (including phenoxy) is 2. The molecule has 4 heteroatoms. The van der Waals surface area contributed by atoms with Gasteiger partial charge in [0.05, 0.1) is 26.3 Å². The Morgan fingerprint density at radius 1 is 1.31 bits per heavy atom. The van der Waals surface area contributed by atoms with Crippen LogP contribution in [0.4, 0.5) is 0 Å². The van der Waals surface area contributed by atoms with Crippen molar-refractivity contribution < 1.29 is 14.3 Å². The summed E-state index contributed by atoms with van der Waals surface area (Å²) >= 11 is 0. The van der Waals surface area contributed by atoms with Crippen molar-refractivity contribution in [1.82, 2.24) is 0 Å². The third-order valence-corrected chi connectivity index (χ3v) is 2.48. The van der Waals surface area contributed by atoms with E-state index in [2.05, 4.69) is 0 Å². The SMILES string of the molecule is CCc1ccc(OC)c(OC)c1C(=O)CN. The van der Waals surface area contributed by atoms with Gasteiger partial charge >= 0.3 is 0 Å². The van der Waals surface area contributed by atoms with Crippen molar-refractivity contribution in [2.24, 2.45) is 5.73 Å². The molecule has 0 atom stereocenters. The van der Waals surface area contributed by atoms with Crippen LogP contribution in [0.1, 0.15) is 22.8 Å². The molecule has 1 rings (SSSR count). The van der Waals surface area contributed by atoms with Gasteiger partial charge in [-0.3, -0.25) is 4.79 Å². The molecule has 1 aromatic carbocycles. The molecule has 0 spiro atoms. The number of hydrogen-bond acceptors (Lipinski definition) is 4. The van der Waals surface area contributed by atoms with Crippen LogP contribution in [0.15, 0.2) is 12.1 Å². The molecule has 0 aliphatic carbocycles. The second-order valence-corrected chi connectivity index (χ2v) is 3.32. The van der Waals surface area contributed by atoms with Crippen LogP contribution in [0, 0.1) is 0 Å². The molecule has 0 saturated carbocycles. The van der Waals surface area contributed by atoms with E-state index < -0.39 is 0 Å². The summed E-state index contributed by atoms with van der Waals surface area (Å²) in [4.78, 5) is 11.8. The molecule has 0 fully saturated rings. The largest absolute Gasteiger partial charge is 0.493 e. The fourth-order valence-electron chi connectivity index (χ4n) is 1.67. The van der Waals surface area contributed by atoms with Crippen LogP contribution >= 0.6 is 0 Å². The first-order chi connectivity index (χ1) is 7.69. The zero-order valence-electron chi connectivity index (χ0n) is 9.87. The van der Waals surface area contributed by atoms with Gasteiger partial charge in [0.25, 0.3) is 0 Å². The summed E-state index contributed by atoms with van der Waals surface area (Å²) in [5, 5.41) is 0. The fourth-order valence-corrected chi connectivity index (χ4v) is 1.67. The highest BCUT2D eigenvalue weighted by Gasteiger charge is 2.19. The Kier molecular flexibility index (Phi) is 4.31. The minimum atomic E-state index is -0.132. The summed E-state index contributed by atoms with van der Waals surface area (Å²) in [7, 11) is 3.06. The van der Waals surface area contributed by atoms with Crippen LogP contribution in [-0.2, 0) is 6.42 Å². The molecule has 0 aliphatic heterocycles. The highest BCUT2D eigenvalue weighted by atomic mass is 16.5. The lowest BCUT2D eigenvalue weighted by atomic mass is 9.99. The van der Waals surface area contributed by atoms with Gasteiger partial charge in [-0.2, -0.15) is 0 Å². The summed E-state index contributed by atoms with van der Waals surface area (Å²) in [6.07, 6.45) is 0.751. The molecular formula is C12H17NO3. The molecule has 16 heavy (non-hydrogen) atoms. The maximum atomic E-state index is 11.8. The number of aryl methyl sites for hydroxylation is 1. The van der Waals surface area contributed by atoms with Gasteiger partial charge in [-0.25, -0.2) is 0 Å². The number of methoxy groups -OCH3 is 2. The fraction of sp³-hybridized carbons (Fsp3) is 0.417. The predicted molar refractivity (Wildman–Crippen MR) is 62.3 cm³/mol. The number of Topliss-reactive ketones (excluding diaryl/α,β-unsaturated/α-hetero) is 1. The Bertz CT molecular complexity index is 388. The van der Waals surface area contributed by atoms with Crippen LogP contribution in [0.5, 0.6) is 11.5 Å². The van der Waals surface area contributed by atoms with Crippen molar-refractivity contribution in [2.75, 3.05) is 20.8 Å². The van der Waals surface area contributed by atoms with E-state index in [9.17, 15) is 4.79 Å². The van der Waals surface area contributed by atoms with Gasteiger partial charge in [-0.1, -0.05) is 13.0 Å². The summed E-state index contributed by atoms with van der Waals surface area (Å²) in [5.74, 6) is 0.890. The first-order valence-corrected chi connectivity index (χ1v) is 5.16. The lowest BCUT2D eigenvalue weighted by Gasteiger charge is -2.14. The Labute approximate surface area is 95.3 Å². The highest BCUT2D eigenvalue weighted by Crippen LogP contribution is 2.33. The average molecular weight is 223 g/mol. The van der Waals surface area contributed by atoms with Gasteiger partial charge in [0, 0.05) is 0 Å². The van der Waals surface area contributed by atoms with Crippen molar-refractivity contribution in [1.29, 1.82) is 0 Å². The zero-order chi connectivity index (χ0) is 12.1. The summed E-state index contributed by atoms with van der Waals surface area (Å²) in [6, 6.07) is 3.66. The van der Waals surface area contributed by atoms with Crippen LogP contribution in [-0.4, -0.2) is 26.5 Å². The van der Waals surface area contributed by atoms with Crippen molar-refractivity contribution in [3.8, 4) is 11.5 Å². The van der Waals surface area contributed by atoms with Crippen molar-refractivity contribution >= 4 is 5.78 Å². The maximum Gasteiger partial charge on any atom is 0.180 e. The second-order valence-electron chi connectivity index (χ2n) is 3.32. The lowest BCUT2D eigenvalue weighted by Crippen LogP contribution is -2.17. The first-order valence-electron chi connectivity index (χ1n) is 5.16. The number of hydrogen-bond donors (Lipinski definition) is 1. The molecule has 0 saturated heterocycles. The molecule has 0 heterocycles. The van der Waals surface area contributed by atoms with Crippen molar-refractivity contribution in [2.45, 2.75) is 13.3 Å². The third kappa shape index (κ3) is 2.17. The normalized spacial score (nSPS) is 10.0. The topological polar surface area (TPSA) is 61.5 Å². The predicted octanol–water partition coefficient (Wildman–Crippen LogP) is 1.41. The molecular weight excluding hydrogens is 206 g/mol. The number of carbonyl (C=O) groups excluding carboxylic acids is 1. The quantitative estimate of drug-likeness (QED) is 0.767. The molecule has 0 aromatic heterocycles. The lowest BCUT2D eigenvalue weighted by molar-refractivity contribution is 0.0997. The van der Waals surface area contributed by atoms with E-state index in [0.29, 0.717) is 17.1 Å². The molecule has 0 bridgehead atoms. The van der Waals surface area contributed by atoms with Gasteiger partial charge in [-0.15, -0.1) is 0 Å². The Morgan fingerprint density at radius 2 is 2.00 bits per heavy atom. The molecule has 0 unspecified atom stereocenters. The molecule has 88 valence electrons. The molecule has 0 aliphatic rings. The van der Waals surface area contributed by atoms with E-state index in [1.165, 1.54) is 7.11 Å². The van der Waals surface area contributed by atoms with E-state index in [0.717, 1.165) is 12.0 Å². The van der Waals surface area contributed by atoms with Gasteiger partial charge in [0.1, 0.15) is 0 Å². The second kappa shape index (κ2) is 5.51. The average Bonchev–Trinajstić information content (AvgIpc) is 2.35. The van der Waals surface area contributed by atoms with E-state index in [4.69, 9.17) is 15.2 Å². The molecule has 2 N–H and O–H groups in total. The van der Waals surface area contributed by atoms with Crippen LogP contribution in [0.25, 0.3) is 0 Å². The smallest absolute Gasteiger partial charge is 0.180 e. The van der Waals surface area contributed by atoms with E-state index in [1.54, 1.807) is 13.2 Å². The molecule has 0 amide bonds. The van der Waals surface area contributed by atoms with Crippen LogP contribution in [0.2, 0.25) is 0 Å². The zero-order valence-corrected chi connectivity index (χ0v) is 9.87. The van der Waals surface area contributed by atoms with Gasteiger partial charge in [0.15, 0.2) is 17.3 Å². The standard InChI is InChI=1S/C12H17NO3/c1-4-8-5-6-10(15-2)12(16-3)11(8)9(14)7-13/h5-6H,4,7,13H2,1-3H3. The number of nitrogens with two attached hydrogens (primary N) is 1. The van der Waals surface area contributed by atoms with E-state index >= 15 is 0 Å². The summed E-state index contributed by atoms with van der Waals surface area (Å²) in [5.41, 5.74) is 6.86. The minimum absolute atomic E-state index is 0.0312. The minimum Gasteiger partial charge on any atom is -0.493 e. The van der Waals surface area contributed by atoms with E-state index in [-0.39, 0.29) is 12.3 Å². The number of ketones is 1. The number of benzene rings is 1. The number of carbonyl (C=O) groups is 1. The highest BCUT2D eigenvalue weighted by molar-refractivity contribution is 6.02. The van der Waals surface area contributed by atoms with Gasteiger partial charge in [-0.05, 0) is 18.1 Å². The van der Waals surface area contributed by atoms with E-state index in [1.807, 2.05) is 13.0 Å². The number of rotatable bonds is 5. The molecule has 1 aromatic rings. The molecule has 4 nitrogen and oxygen atoms in total. The van der Waals surface area contributed by atoms with Crippen LogP contribution in [0.3, 0.4) is 0 Å². The maximum absolute atomic E-state index is 11.8. The van der Waals surface area contributed by atoms with Gasteiger partial charge in [0.2, 0.25) is 0 Å². The summed E-state index contributed by atoms with van der Waals surface area (Å²) < 4.78 is 10.4. The van der Waals surface area contributed by atoms with Crippen molar-refractivity contribution in [3.63, 3.8) is 0 Å². The monoisotopic (exact) mass is 223 g/mol. The van der Waals surface area contributed by atoms with Crippen molar-refractivity contribution in [3.05, 3.63) is 23.3 Å². The third-order valence-electron chi connectivity index (χ3n) is 2.48.